The SMILES string of the molecule is Cc1nn(C)c2cnn(CC(=O)N[C@@H](C)c3c(F)cccc3Cl)c(=O)c12. The molecule has 0 aliphatic heterocycles. The van der Waals surface area contributed by atoms with E-state index in [2.05, 4.69) is 15.5 Å². The molecule has 1 amide bonds. The quantitative estimate of drug-likeness (QED) is 0.755. The number of carbonyl (C=O) groups excluding carboxylic acids is 1. The van der Waals surface area contributed by atoms with Crippen LogP contribution in [0.5, 0.6) is 0 Å². The van der Waals surface area contributed by atoms with Crippen molar-refractivity contribution in [2.24, 2.45) is 7.05 Å². The molecule has 0 saturated heterocycles. The molecule has 3 aromatic rings. The Morgan fingerprint density at radius 1 is 1.42 bits per heavy atom. The van der Waals surface area contributed by atoms with Crippen molar-refractivity contribution < 1.29 is 9.18 Å². The van der Waals surface area contributed by atoms with Crippen LogP contribution in [-0.2, 0) is 18.4 Å². The number of carbonyl (C=O) groups is 1. The van der Waals surface area contributed by atoms with Crippen LogP contribution in [0, 0.1) is 12.7 Å². The number of amides is 1. The van der Waals surface area contributed by atoms with Gasteiger partial charge in [-0.3, -0.25) is 14.3 Å². The Morgan fingerprint density at radius 3 is 2.85 bits per heavy atom. The lowest BCUT2D eigenvalue weighted by atomic mass is 10.1. The molecule has 0 aliphatic rings. The standard InChI is InChI=1S/C17H17ClFN5O2/c1-9(15-11(18)5-4-6-12(15)19)21-14(25)8-24-17(26)16-10(2)22-23(3)13(16)7-20-24/h4-7,9H,8H2,1-3H3,(H,21,25)/t9-/m0/s1. The molecule has 1 N–H and O–H groups in total. The van der Waals surface area contributed by atoms with E-state index in [9.17, 15) is 14.0 Å². The number of fused-ring (bicyclic) bond motifs is 1. The molecule has 0 unspecified atom stereocenters. The third-order valence-electron chi connectivity index (χ3n) is 4.14. The maximum absolute atomic E-state index is 14.0. The van der Waals surface area contributed by atoms with Crippen molar-refractivity contribution in [2.45, 2.75) is 26.4 Å². The van der Waals surface area contributed by atoms with Crippen molar-refractivity contribution >= 4 is 28.4 Å². The van der Waals surface area contributed by atoms with E-state index < -0.39 is 23.3 Å². The number of hydrogen-bond donors (Lipinski definition) is 1. The van der Waals surface area contributed by atoms with Gasteiger partial charge in [-0.2, -0.15) is 10.2 Å². The Labute approximate surface area is 153 Å². The van der Waals surface area contributed by atoms with Crippen LogP contribution in [-0.4, -0.2) is 25.5 Å². The summed E-state index contributed by atoms with van der Waals surface area (Å²) in [6, 6.07) is 3.66. The van der Waals surface area contributed by atoms with Crippen molar-refractivity contribution in [3.8, 4) is 0 Å². The van der Waals surface area contributed by atoms with Crippen LogP contribution in [0.3, 0.4) is 0 Å². The number of rotatable bonds is 4. The smallest absolute Gasteiger partial charge is 0.278 e. The molecule has 3 rings (SSSR count). The molecule has 0 bridgehead atoms. The van der Waals surface area contributed by atoms with Gasteiger partial charge in [-0.15, -0.1) is 0 Å². The molecule has 0 radical (unpaired) electrons. The number of aryl methyl sites for hydroxylation is 2. The highest BCUT2D eigenvalue weighted by Crippen LogP contribution is 2.25. The maximum Gasteiger partial charge on any atom is 0.278 e. The van der Waals surface area contributed by atoms with Gasteiger partial charge in [0.15, 0.2) is 0 Å². The number of nitrogens with zero attached hydrogens (tertiary/aromatic N) is 4. The lowest BCUT2D eigenvalue weighted by Gasteiger charge is -2.16. The first-order chi connectivity index (χ1) is 12.3. The summed E-state index contributed by atoms with van der Waals surface area (Å²) in [6.45, 7) is 3.04. The highest BCUT2D eigenvalue weighted by atomic mass is 35.5. The van der Waals surface area contributed by atoms with E-state index in [1.807, 2.05) is 0 Å². The zero-order valence-electron chi connectivity index (χ0n) is 14.5. The van der Waals surface area contributed by atoms with Gasteiger partial charge in [-0.1, -0.05) is 17.7 Å². The first-order valence-corrected chi connectivity index (χ1v) is 8.30. The second-order valence-corrected chi connectivity index (χ2v) is 6.41. The highest BCUT2D eigenvalue weighted by Gasteiger charge is 2.18. The third kappa shape index (κ3) is 3.20. The number of halogens is 2. The molecule has 136 valence electrons. The first kappa shape index (κ1) is 18.1. The molecular formula is C17H17ClFN5O2. The summed E-state index contributed by atoms with van der Waals surface area (Å²) in [5, 5.41) is 11.5. The van der Waals surface area contributed by atoms with Crippen molar-refractivity contribution in [1.29, 1.82) is 0 Å². The molecular weight excluding hydrogens is 361 g/mol. The molecule has 0 spiro atoms. The number of nitrogens with one attached hydrogen (secondary N) is 1. The summed E-state index contributed by atoms with van der Waals surface area (Å²) >= 11 is 6.01. The number of benzene rings is 1. The van der Waals surface area contributed by atoms with Gasteiger partial charge < -0.3 is 5.32 Å². The molecule has 26 heavy (non-hydrogen) atoms. The monoisotopic (exact) mass is 377 g/mol. The van der Waals surface area contributed by atoms with Gasteiger partial charge >= 0.3 is 0 Å². The zero-order valence-corrected chi connectivity index (χ0v) is 15.2. The predicted octanol–water partition coefficient (Wildman–Crippen LogP) is 2.11. The fraction of sp³-hybridized carbons (Fsp3) is 0.294. The van der Waals surface area contributed by atoms with Crippen molar-refractivity contribution in [3.63, 3.8) is 0 Å². The molecule has 7 nitrogen and oxygen atoms in total. The average Bonchev–Trinajstić information content (AvgIpc) is 2.84. The molecule has 2 heterocycles. The lowest BCUT2D eigenvalue weighted by Crippen LogP contribution is -2.35. The van der Waals surface area contributed by atoms with Crippen molar-refractivity contribution in [3.05, 3.63) is 56.8 Å². The van der Waals surface area contributed by atoms with Gasteiger partial charge in [0.05, 0.1) is 28.8 Å². The Hall–Kier alpha value is -2.74. The highest BCUT2D eigenvalue weighted by molar-refractivity contribution is 6.31. The molecule has 9 heteroatoms. The van der Waals surface area contributed by atoms with E-state index in [1.54, 1.807) is 31.6 Å². The van der Waals surface area contributed by atoms with Gasteiger partial charge in [0, 0.05) is 17.6 Å². The molecule has 0 saturated carbocycles. The van der Waals surface area contributed by atoms with Gasteiger partial charge in [0.1, 0.15) is 12.4 Å². The molecule has 1 atom stereocenters. The van der Waals surface area contributed by atoms with Crippen LogP contribution < -0.4 is 10.9 Å². The molecule has 0 aliphatic carbocycles. The second kappa shape index (κ2) is 6.87. The minimum absolute atomic E-state index is 0.196. The van der Waals surface area contributed by atoms with E-state index in [4.69, 9.17) is 11.6 Å². The largest absolute Gasteiger partial charge is 0.348 e. The summed E-state index contributed by atoms with van der Waals surface area (Å²) < 4.78 is 16.6. The minimum Gasteiger partial charge on any atom is -0.348 e. The van der Waals surface area contributed by atoms with Gasteiger partial charge in [0.2, 0.25) is 5.91 Å². The van der Waals surface area contributed by atoms with E-state index >= 15 is 0 Å². The van der Waals surface area contributed by atoms with E-state index in [0.717, 1.165) is 4.68 Å². The van der Waals surface area contributed by atoms with Crippen LogP contribution in [0.15, 0.2) is 29.2 Å². The minimum atomic E-state index is -0.657. The molecule has 1 aromatic carbocycles. The van der Waals surface area contributed by atoms with E-state index in [0.29, 0.717) is 16.6 Å². The Morgan fingerprint density at radius 2 is 2.15 bits per heavy atom. The Bertz CT molecular complexity index is 1040. The molecule has 2 aromatic heterocycles. The Balaban J connectivity index is 1.82. The fourth-order valence-electron chi connectivity index (χ4n) is 2.93. The Kier molecular flexibility index (Phi) is 4.78. The second-order valence-electron chi connectivity index (χ2n) is 6.00. The average molecular weight is 378 g/mol. The van der Waals surface area contributed by atoms with Crippen LogP contribution in [0.25, 0.3) is 10.9 Å². The lowest BCUT2D eigenvalue weighted by molar-refractivity contribution is -0.122. The normalized spacial score (nSPS) is 12.3. The zero-order chi connectivity index (χ0) is 19.0. The fourth-order valence-corrected chi connectivity index (χ4v) is 3.25. The van der Waals surface area contributed by atoms with Crippen molar-refractivity contribution in [2.75, 3.05) is 0 Å². The van der Waals surface area contributed by atoms with E-state index in [-0.39, 0.29) is 17.1 Å². The summed E-state index contributed by atoms with van der Waals surface area (Å²) in [5.74, 6) is -0.986. The van der Waals surface area contributed by atoms with Crippen LogP contribution in [0.4, 0.5) is 4.39 Å². The summed E-state index contributed by atoms with van der Waals surface area (Å²) in [5.41, 5.74) is 0.951. The number of hydrogen-bond acceptors (Lipinski definition) is 4. The topological polar surface area (TPSA) is 81.8 Å². The van der Waals surface area contributed by atoms with Gasteiger partial charge in [0.25, 0.3) is 5.56 Å². The third-order valence-corrected chi connectivity index (χ3v) is 4.47. The van der Waals surface area contributed by atoms with Crippen molar-refractivity contribution in [1.82, 2.24) is 24.9 Å². The van der Waals surface area contributed by atoms with Crippen LogP contribution in [0.1, 0.15) is 24.2 Å². The maximum atomic E-state index is 14.0. The predicted molar refractivity (Wildman–Crippen MR) is 95.5 cm³/mol. The summed E-state index contributed by atoms with van der Waals surface area (Å²) in [6.07, 6.45) is 1.49. The number of aromatic nitrogens is 4. The van der Waals surface area contributed by atoms with Gasteiger partial charge in [-0.05, 0) is 26.0 Å². The van der Waals surface area contributed by atoms with Crippen LogP contribution >= 0.6 is 11.6 Å². The van der Waals surface area contributed by atoms with E-state index in [1.165, 1.54) is 18.3 Å². The summed E-state index contributed by atoms with van der Waals surface area (Å²) in [4.78, 5) is 24.8. The van der Waals surface area contributed by atoms with Gasteiger partial charge in [-0.25, -0.2) is 9.07 Å². The molecule has 0 fully saturated rings. The van der Waals surface area contributed by atoms with Crippen LogP contribution in [0.2, 0.25) is 5.02 Å². The summed E-state index contributed by atoms with van der Waals surface area (Å²) in [7, 11) is 1.72. The first-order valence-electron chi connectivity index (χ1n) is 7.92.